The second-order valence-electron chi connectivity index (χ2n) is 5.22. The van der Waals surface area contributed by atoms with E-state index in [1.807, 2.05) is 0 Å². The maximum Gasteiger partial charge on any atom is 0.159 e. The molecule has 4 heteroatoms. The molecule has 1 atom stereocenters. The first-order chi connectivity index (χ1) is 10.2. The summed E-state index contributed by atoms with van der Waals surface area (Å²) in [5.74, 6) is -1.55. The lowest BCUT2D eigenvalue weighted by atomic mass is 10.0. The van der Waals surface area contributed by atoms with Crippen LogP contribution in [-0.2, 0) is 12.8 Å². The van der Waals surface area contributed by atoms with Crippen LogP contribution >= 0.6 is 11.3 Å². The maximum absolute atomic E-state index is 13.3. The largest absolute Gasteiger partial charge is 0.314 e. The zero-order chi connectivity index (χ0) is 15.1. The second-order valence-corrected chi connectivity index (χ2v) is 6.25. The summed E-state index contributed by atoms with van der Waals surface area (Å²) in [7, 11) is 0. The zero-order valence-electron chi connectivity index (χ0n) is 12.2. The Balaban J connectivity index is 1.95. The van der Waals surface area contributed by atoms with Crippen molar-refractivity contribution >= 4 is 11.3 Å². The summed E-state index contributed by atoms with van der Waals surface area (Å²) in [4.78, 5) is 1.36. The highest BCUT2D eigenvalue weighted by atomic mass is 32.1. The van der Waals surface area contributed by atoms with Gasteiger partial charge < -0.3 is 5.32 Å². The summed E-state index contributed by atoms with van der Waals surface area (Å²) in [5, 5.41) is 5.59. The van der Waals surface area contributed by atoms with Crippen LogP contribution in [0.2, 0.25) is 0 Å². The molecule has 0 radical (unpaired) electrons. The van der Waals surface area contributed by atoms with E-state index in [4.69, 9.17) is 0 Å². The number of halogens is 2. The highest BCUT2D eigenvalue weighted by Gasteiger charge is 2.11. The zero-order valence-corrected chi connectivity index (χ0v) is 13.1. The van der Waals surface area contributed by atoms with E-state index < -0.39 is 11.6 Å². The summed E-state index contributed by atoms with van der Waals surface area (Å²) in [5.41, 5.74) is 0.841. The normalized spacial score (nSPS) is 12.5. The Morgan fingerprint density at radius 2 is 2.05 bits per heavy atom. The Morgan fingerprint density at radius 1 is 1.19 bits per heavy atom. The monoisotopic (exact) mass is 309 g/mol. The van der Waals surface area contributed by atoms with E-state index in [9.17, 15) is 8.78 Å². The fourth-order valence-corrected chi connectivity index (χ4v) is 3.07. The smallest absolute Gasteiger partial charge is 0.159 e. The standard InChI is InChI=1S/C17H21F2NS/c1-2-9-20-14(6-7-15-4-3-10-21-15)11-13-5-8-16(18)17(19)12-13/h3-5,8,10,12,14,20H,2,6-7,9,11H2,1H3. The topological polar surface area (TPSA) is 12.0 Å². The average Bonchev–Trinajstić information content (AvgIpc) is 2.99. The van der Waals surface area contributed by atoms with Crippen LogP contribution in [0.1, 0.15) is 30.2 Å². The third kappa shape index (κ3) is 5.21. The number of hydrogen-bond acceptors (Lipinski definition) is 2. The Bertz CT molecular complexity index is 540. The molecule has 1 aromatic carbocycles. The Morgan fingerprint density at radius 3 is 2.71 bits per heavy atom. The molecule has 0 spiro atoms. The molecule has 1 nitrogen and oxygen atoms in total. The molecular weight excluding hydrogens is 288 g/mol. The van der Waals surface area contributed by atoms with Gasteiger partial charge in [-0.1, -0.05) is 19.1 Å². The van der Waals surface area contributed by atoms with E-state index in [0.717, 1.165) is 37.8 Å². The minimum Gasteiger partial charge on any atom is -0.314 e. The minimum absolute atomic E-state index is 0.289. The van der Waals surface area contributed by atoms with E-state index in [1.165, 1.54) is 17.0 Å². The molecule has 1 aromatic heterocycles. The summed E-state index contributed by atoms with van der Waals surface area (Å²) < 4.78 is 26.3. The Kier molecular flexibility index (Phi) is 6.33. The van der Waals surface area contributed by atoms with Crippen LogP contribution in [0.5, 0.6) is 0 Å². The Hall–Kier alpha value is -1.26. The first-order valence-corrected chi connectivity index (χ1v) is 8.26. The number of thiophene rings is 1. The lowest BCUT2D eigenvalue weighted by Crippen LogP contribution is -2.32. The lowest BCUT2D eigenvalue weighted by Gasteiger charge is -2.18. The summed E-state index contributed by atoms with van der Waals surface area (Å²) in [6.45, 7) is 3.07. The quantitative estimate of drug-likeness (QED) is 0.753. The highest BCUT2D eigenvalue weighted by Crippen LogP contribution is 2.16. The van der Waals surface area contributed by atoms with Gasteiger partial charge in [-0.2, -0.15) is 0 Å². The lowest BCUT2D eigenvalue weighted by molar-refractivity contribution is 0.473. The van der Waals surface area contributed by atoms with Crippen molar-refractivity contribution in [3.05, 3.63) is 57.8 Å². The van der Waals surface area contributed by atoms with Gasteiger partial charge in [0.2, 0.25) is 0 Å². The molecule has 2 rings (SSSR count). The number of aryl methyl sites for hydroxylation is 1. The maximum atomic E-state index is 13.3. The van der Waals surface area contributed by atoms with Gasteiger partial charge in [0, 0.05) is 10.9 Å². The summed E-state index contributed by atoms with van der Waals surface area (Å²) in [6.07, 6.45) is 3.80. The molecule has 0 saturated carbocycles. The number of hydrogen-bond donors (Lipinski definition) is 1. The predicted molar refractivity (Wildman–Crippen MR) is 84.8 cm³/mol. The van der Waals surface area contributed by atoms with E-state index in [2.05, 4.69) is 29.8 Å². The number of benzene rings is 1. The fourth-order valence-electron chi connectivity index (χ4n) is 2.35. The third-order valence-electron chi connectivity index (χ3n) is 3.47. The van der Waals surface area contributed by atoms with Crippen LogP contribution in [-0.4, -0.2) is 12.6 Å². The molecular formula is C17H21F2NS. The van der Waals surface area contributed by atoms with Crippen molar-refractivity contribution in [1.29, 1.82) is 0 Å². The van der Waals surface area contributed by atoms with Gasteiger partial charge in [-0.05, 0) is 61.4 Å². The van der Waals surface area contributed by atoms with Gasteiger partial charge in [-0.15, -0.1) is 11.3 Å². The molecule has 114 valence electrons. The van der Waals surface area contributed by atoms with Crippen molar-refractivity contribution in [3.8, 4) is 0 Å². The molecule has 0 aliphatic rings. The first-order valence-electron chi connectivity index (χ1n) is 7.38. The van der Waals surface area contributed by atoms with Gasteiger partial charge in [0.25, 0.3) is 0 Å². The van der Waals surface area contributed by atoms with Crippen molar-refractivity contribution in [2.24, 2.45) is 0 Å². The van der Waals surface area contributed by atoms with E-state index in [-0.39, 0.29) is 6.04 Å². The summed E-state index contributed by atoms with van der Waals surface area (Å²) >= 11 is 1.76. The van der Waals surface area contributed by atoms with Gasteiger partial charge in [-0.3, -0.25) is 0 Å². The molecule has 0 fully saturated rings. The van der Waals surface area contributed by atoms with E-state index in [0.29, 0.717) is 0 Å². The number of nitrogens with one attached hydrogen (secondary N) is 1. The fraction of sp³-hybridized carbons (Fsp3) is 0.412. The summed E-state index contributed by atoms with van der Waals surface area (Å²) in [6, 6.07) is 8.67. The predicted octanol–water partition coefficient (Wildman–Crippen LogP) is 4.57. The third-order valence-corrected chi connectivity index (χ3v) is 4.40. The first kappa shape index (κ1) is 16.1. The molecule has 2 aromatic rings. The molecule has 21 heavy (non-hydrogen) atoms. The van der Waals surface area contributed by atoms with Crippen LogP contribution in [0.4, 0.5) is 8.78 Å². The van der Waals surface area contributed by atoms with Crippen LogP contribution < -0.4 is 5.32 Å². The van der Waals surface area contributed by atoms with E-state index >= 15 is 0 Å². The molecule has 1 N–H and O–H groups in total. The van der Waals surface area contributed by atoms with Gasteiger partial charge in [0.15, 0.2) is 11.6 Å². The van der Waals surface area contributed by atoms with Crippen molar-refractivity contribution < 1.29 is 8.78 Å². The second kappa shape index (κ2) is 8.25. The van der Waals surface area contributed by atoms with Crippen molar-refractivity contribution in [2.45, 2.75) is 38.6 Å². The van der Waals surface area contributed by atoms with Crippen LogP contribution in [0.25, 0.3) is 0 Å². The molecule has 1 unspecified atom stereocenters. The van der Waals surface area contributed by atoms with Crippen molar-refractivity contribution in [2.75, 3.05) is 6.54 Å². The van der Waals surface area contributed by atoms with Crippen molar-refractivity contribution in [1.82, 2.24) is 5.32 Å². The SMILES string of the molecule is CCCNC(CCc1cccs1)Cc1ccc(F)c(F)c1. The Labute approximate surface area is 129 Å². The van der Waals surface area contributed by atoms with Crippen LogP contribution in [0.15, 0.2) is 35.7 Å². The molecule has 0 saturated heterocycles. The average molecular weight is 309 g/mol. The minimum atomic E-state index is -0.782. The van der Waals surface area contributed by atoms with Gasteiger partial charge >= 0.3 is 0 Å². The van der Waals surface area contributed by atoms with Crippen molar-refractivity contribution in [3.63, 3.8) is 0 Å². The molecule has 1 heterocycles. The number of rotatable bonds is 8. The van der Waals surface area contributed by atoms with E-state index in [1.54, 1.807) is 17.4 Å². The highest BCUT2D eigenvalue weighted by molar-refractivity contribution is 7.09. The van der Waals surface area contributed by atoms with Crippen LogP contribution in [0.3, 0.4) is 0 Å². The van der Waals surface area contributed by atoms with Gasteiger partial charge in [-0.25, -0.2) is 8.78 Å². The molecule has 0 aliphatic carbocycles. The molecule has 0 bridgehead atoms. The van der Waals surface area contributed by atoms with Crippen LogP contribution in [0, 0.1) is 11.6 Å². The molecule has 0 amide bonds. The van der Waals surface area contributed by atoms with Gasteiger partial charge in [0.1, 0.15) is 0 Å². The van der Waals surface area contributed by atoms with Gasteiger partial charge in [0.05, 0.1) is 0 Å². The molecule has 0 aliphatic heterocycles.